The molecule has 1 aliphatic carbocycles. The Morgan fingerprint density at radius 1 is 1.12 bits per heavy atom. The van der Waals surface area contributed by atoms with Gasteiger partial charge in [-0.15, -0.1) is 0 Å². The Morgan fingerprint density at radius 2 is 1.81 bits per heavy atom. The van der Waals surface area contributed by atoms with Crippen LogP contribution in [0.15, 0.2) is 54.6 Å². The molecule has 0 aliphatic heterocycles. The van der Waals surface area contributed by atoms with Crippen LogP contribution in [0.1, 0.15) is 25.8 Å². The maximum Gasteiger partial charge on any atom is 0.0955 e. The number of benzene rings is 1. The SMILES string of the molecule is CC(C)(c1ccccc1)C1(O)C=CC=CC1. The Balaban J connectivity index is 2.39. The molecule has 0 spiro atoms. The zero-order valence-corrected chi connectivity index (χ0v) is 9.85. The topological polar surface area (TPSA) is 20.2 Å². The van der Waals surface area contributed by atoms with E-state index in [9.17, 15) is 5.11 Å². The average molecular weight is 214 g/mol. The van der Waals surface area contributed by atoms with Crippen LogP contribution in [0.3, 0.4) is 0 Å². The predicted molar refractivity (Wildman–Crippen MR) is 67.3 cm³/mol. The zero-order valence-electron chi connectivity index (χ0n) is 9.85. The van der Waals surface area contributed by atoms with Crippen LogP contribution in [0.25, 0.3) is 0 Å². The fraction of sp³-hybridized carbons (Fsp3) is 0.333. The van der Waals surface area contributed by atoms with Crippen molar-refractivity contribution in [2.75, 3.05) is 0 Å². The van der Waals surface area contributed by atoms with Gasteiger partial charge in [0.25, 0.3) is 0 Å². The molecule has 1 heteroatoms. The fourth-order valence-corrected chi connectivity index (χ4v) is 2.18. The molecule has 1 nitrogen and oxygen atoms in total. The first-order valence-electron chi connectivity index (χ1n) is 5.68. The summed E-state index contributed by atoms with van der Waals surface area (Å²) in [5.41, 5.74) is 0.0935. The van der Waals surface area contributed by atoms with Crippen molar-refractivity contribution in [3.8, 4) is 0 Å². The number of allylic oxidation sites excluding steroid dienone is 2. The smallest absolute Gasteiger partial charge is 0.0955 e. The first-order valence-corrected chi connectivity index (χ1v) is 5.68. The summed E-state index contributed by atoms with van der Waals surface area (Å²) in [6, 6.07) is 10.2. The lowest BCUT2D eigenvalue weighted by molar-refractivity contribution is 0.0219. The van der Waals surface area contributed by atoms with Gasteiger partial charge >= 0.3 is 0 Å². The number of hydrogen-bond donors (Lipinski definition) is 1. The Morgan fingerprint density at radius 3 is 2.38 bits per heavy atom. The van der Waals surface area contributed by atoms with E-state index in [0.717, 1.165) is 5.56 Å². The molecule has 0 fully saturated rings. The first kappa shape index (κ1) is 11.2. The summed E-state index contributed by atoms with van der Waals surface area (Å²) in [4.78, 5) is 0. The van der Waals surface area contributed by atoms with Gasteiger partial charge in [-0.3, -0.25) is 0 Å². The number of aliphatic hydroxyl groups is 1. The van der Waals surface area contributed by atoms with Crippen LogP contribution in [-0.4, -0.2) is 10.7 Å². The van der Waals surface area contributed by atoms with Gasteiger partial charge in [0.15, 0.2) is 0 Å². The normalized spacial score (nSPS) is 24.7. The quantitative estimate of drug-likeness (QED) is 0.801. The van der Waals surface area contributed by atoms with Gasteiger partial charge in [-0.25, -0.2) is 0 Å². The molecule has 0 saturated carbocycles. The van der Waals surface area contributed by atoms with Gasteiger partial charge in [0.1, 0.15) is 0 Å². The van der Waals surface area contributed by atoms with Crippen molar-refractivity contribution < 1.29 is 5.11 Å². The Kier molecular flexibility index (Phi) is 2.73. The lowest BCUT2D eigenvalue weighted by Gasteiger charge is -2.41. The second-order valence-electron chi connectivity index (χ2n) is 4.91. The van der Waals surface area contributed by atoms with E-state index in [1.165, 1.54) is 0 Å². The van der Waals surface area contributed by atoms with Crippen LogP contribution in [-0.2, 0) is 5.41 Å². The molecule has 0 saturated heterocycles. The van der Waals surface area contributed by atoms with Crippen molar-refractivity contribution in [3.63, 3.8) is 0 Å². The maximum atomic E-state index is 10.7. The summed E-state index contributed by atoms with van der Waals surface area (Å²) >= 11 is 0. The van der Waals surface area contributed by atoms with Crippen LogP contribution in [0.4, 0.5) is 0 Å². The number of rotatable bonds is 2. The highest BCUT2D eigenvalue weighted by molar-refractivity contribution is 5.34. The van der Waals surface area contributed by atoms with Gasteiger partial charge in [-0.1, -0.05) is 68.5 Å². The van der Waals surface area contributed by atoms with Gasteiger partial charge < -0.3 is 5.11 Å². The molecule has 0 bridgehead atoms. The second kappa shape index (κ2) is 3.91. The van der Waals surface area contributed by atoms with Gasteiger partial charge in [0, 0.05) is 5.41 Å². The summed E-state index contributed by atoms with van der Waals surface area (Å²) in [7, 11) is 0. The zero-order chi connectivity index (χ0) is 11.6. The molecular formula is C15H18O. The van der Waals surface area contributed by atoms with E-state index in [0.29, 0.717) is 6.42 Å². The molecule has 0 amide bonds. The molecule has 0 aromatic heterocycles. The minimum absolute atomic E-state index is 0.282. The largest absolute Gasteiger partial charge is 0.385 e. The monoisotopic (exact) mass is 214 g/mol. The van der Waals surface area contributed by atoms with E-state index >= 15 is 0 Å². The average Bonchev–Trinajstić information content (AvgIpc) is 2.31. The van der Waals surface area contributed by atoms with Crippen LogP contribution < -0.4 is 0 Å². The summed E-state index contributed by atoms with van der Waals surface area (Å²) < 4.78 is 0. The first-order chi connectivity index (χ1) is 7.56. The molecule has 1 N–H and O–H groups in total. The van der Waals surface area contributed by atoms with E-state index < -0.39 is 5.60 Å². The van der Waals surface area contributed by atoms with Crippen molar-refractivity contribution in [1.82, 2.24) is 0 Å². The highest BCUT2D eigenvalue weighted by atomic mass is 16.3. The lowest BCUT2D eigenvalue weighted by Crippen LogP contribution is -2.46. The minimum atomic E-state index is -0.789. The minimum Gasteiger partial charge on any atom is -0.385 e. The van der Waals surface area contributed by atoms with E-state index in [4.69, 9.17) is 0 Å². The lowest BCUT2D eigenvalue weighted by atomic mass is 9.67. The third-order valence-corrected chi connectivity index (χ3v) is 3.63. The molecule has 0 radical (unpaired) electrons. The van der Waals surface area contributed by atoms with Gasteiger partial charge in [-0.2, -0.15) is 0 Å². The second-order valence-corrected chi connectivity index (χ2v) is 4.91. The molecule has 1 aliphatic rings. The molecule has 1 aromatic carbocycles. The Hall–Kier alpha value is -1.34. The Labute approximate surface area is 97.1 Å². The molecule has 1 atom stereocenters. The summed E-state index contributed by atoms with van der Waals surface area (Å²) in [6.45, 7) is 4.18. The van der Waals surface area contributed by atoms with E-state index in [1.54, 1.807) is 0 Å². The van der Waals surface area contributed by atoms with Crippen LogP contribution in [0, 0.1) is 0 Å². The van der Waals surface area contributed by atoms with Crippen molar-refractivity contribution in [1.29, 1.82) is 0 Å². The molecule has 84 valence electrons. The molecule has 1 aromatic rings. The van der Waals surface area contributed by atoms with Crippen LogP contribution in [0.2, 0.25) is 0 Å². The van der Waals surface area contributed by atoms with Crippen molar-refractivity contribution >= 4 is 0 Å². The van der Waals surface area contributed by atoms with E-state index in [2.05, 4.69) is 26.0 Å². The van der Waals surface area contributed by atoms with Crippen molar-refractivity contribution in [2.45, 2.75) is 31.3 Å². The number of hydrogen-bond acceptors (Lipinski definition) is 1. The molecular weight excluding hydrogens is 196 g/mol. The van der Waals surface area contributed by atoms with Crippen LogP contribution in [0.5, 0.6) is 0 Å². The third-order valence-electron chi connectivity index (χ3n) is 3.63. The van der Waals surface area contributed by atoms with Crippen molar-refractivity contribution in [3.05, 3.63) is 60.2 Å². The van der Waals surface area contributed by atoms with E-state index in [-0.39, 0.29) is 5.41 Å². The summed E-state index contributed by atoms with van der Waals surface area (Å²) in [5, 5.41) is 10.7. The Bertz CT molecular complexity index is 414. The van der Waals surface area contributed by atoms with E-state index in [1.807, 2.05) is 42.5 Å². The fourth-order valence-electron chi connectivity index (χ4n) is 2.18. The predicted octanol–water partition coefficient (Wildman–Crippen LogP) is 3.21. The highest BCUT2D eigenvalue weighted by Gasteiger charge is 2.42. The van der Waals surface area contributed by atoms with Crippen molar-refractivity contribution in [2.24, 2.45) is 0 Å². The van der Waals surface area contributed by atoms with Gasteiger partial charge in [-0.05, 0) is 12.0 Å². The van der Waals surface area contributed by atoms with Gasteiger partial charge in [0.05, 0.1) is 5.60 Å². The highest BCUT2D eigenvalue weighted by Crippen LogP contribution is 2.39. The summed E-state index contributed by atoms with van der Waals surface area (Å²) in [5.74, 6) is 0. The van der Waals surface area contributed by atoms with Crippen LogP contribution >= 0.6 is 0 Å². The summed E-state index contributed by atoms with van der Waals surface area (Å²) in [6.07, 6.45) is 8.50. The molecule has 2 rings (SSSR count). The maximum absolute atomic E-state index is 10.7. The van der Waals surface area contributed by atoms with Gasteiger partial charge in [0.2, 0.25) is 0 Å². The third kappa shape index (κ3) is 1.72. The molecule has 16 heavy (non-hydrogen) atoms. The standard InChI is InChI=1S/C15H18O/c1-14(2,13-9-5-3-6-10-13)15(16)11-7-4-8-12-15/h3-11,16H,12H2,1-2H3. The molecule has 0 heterocycles. The molecule has 1 unspecified atom stereocenters.